The van der Waals surface area contributed by atoms with Crippen LogP contribution in [0.3, 0.4) is 0 Å². The highest BCUT2D eigenvalue weighted by Crippen LogP contribution is 2.19. The second-order valence-electron chi connectivity index (χ2n) is 7.76. The Morgan fingerprint density at radius 1 is 1.05 bits per heavy atom. The minimum absolute atomic E-state index is 0.0208. The van der Waals surface area contributed by atoms with Crippen molar-refractivity contribution in [3.8, 4) is 0 Å². The van der Waals surface area contributed by atoms with Crippen molar-refractivity contribution in [1.82, 2.24) is 5.32 Å². The first-order chi connectivity index (χ1) is 9.18. The minimum Gasteiger partial charge on any atom is -0.462 e. The van der Waals surface area contributed by atoms with E-state index in [9.17, 15) is 9.59 Å². The van der Waals surface area contributed by atoms with Gasteiger partial charge in [0.1, 0.15) is 11.4 Å². The van der Waals surface area contributed by atoms with Gasteiger partial charge in [-0.2, -0.15) is 0 Å². The topological polar surface area (TPSA) is 55.4 Å². The van der Waals surface area contributed by atoms with E-state index in [0.29, 0.717) is 6.47 Å². The maximum absolute atomic E-state index is 11.0. The largest absolute Gasteiger partial charge is 0.462 e. The second-order valence-corrected chi connectivity index (χ2v) is 7.76. The molecule has 1 unspecified atom stereocenters. The summed E-state index contributed by atoms with van der Waals surface area (Å²) in [5, 5.41) is 2.99. The van der Waals surface area contributed by atoms with Crippen molar-refractivity contribution in [3.05, 3.63) is 0 Å². The van der Waals surface area contributed by atoms with Crippen LogP contribution in [0, 0.1) is 11.3 Å². The second kappa shape index (κ2) is 11.7. The predicted molar refractivity (Wildman–Crippen MR) is 90.4 cm³/mol. The van der Waals surface area contributed by atoms with Crippen LogP contribution in [0.4, 0.5) is 0 Å². The molecule has 0 saturated heterocycles. The maximum atomic E-state index is 11.0. The Kier molecular flexibility index (Phi) is 14.0. The molecule has 0 spiro atoms. The standard InChI is InChI=1S/C8H17NO.C5H10O2.C4H10/c1-6(10)7(9-5)8(2,3)4;1-5(2,3)7-4-6;1-4(2)3/h7,9H,1-5H3;4H,1-3H3;4H,1-3H3. The Bertz CT molecular complexity index is 270. The van der Waals surface area contributed by atoms with Crippen LogP contribution >= 0.6 is 0 Å². The molecule has 21 heavy (non-hydrogen) atoms. The zero-order valence-electron chi connectivity index (χ0n) is 16.0. The molecule has 0 amide bonds. The Labute approximate surface area is 132 Å². The zero-order chi connectivity index (χ0) is 17.9. The van der Waals surface area contributed by atoms with E-state index >= 15 is 0 Å². The van der Waals surface area contributed by atoms with Crippen molar-refractivity contribution in [3.63, 3.8) is 0 Å². The van der Waals surface area contributed by atoms with Gasteiger partial charge in [-0.3, -0.25) is 9.59 Å². The molecule has 0 aliphatic heterocycles. The maximum Gasteiger partial charge on any atom is 0.293 e. The molecule has 0 aliphatic rings. The van der Waals surface area contributed by atoms with E-state index in [1.54, 1.807) is 6.92 Å². The first-order valence-corrected chi connectivity index (χ1v) is 7.48. The van der Waals surface area contributed by atoms with Gasteiger partial charge in [-0.05, 0) is 46.1 Å². The van der Waals surface area contributed by atoms with Crippen LogP contribution in [-0.2, 0) is 14.3 Å². The average molecular weight is 303 g/mol. The summed E-state index contributed by atoms with van der Waals surface area (Å²) in [4.78, 5) is 20.6. The molecular formula is C17H37NO3. The summed E-state index contributed by atoms with van der Waals surface area (Å²) in [7, 11) is 1.82. The van der Waals surface area contributed by atoms with Gasteiger partial charge in [0.2, 0.25) is 0 Å². The quantitative estimate of drug-likeness (QED) is 0.805. The van der Waals surface area contributed by atoms with Crippen LogP contribution in [0.2, 0.25) is 0 Å². The number of ether oxygens (including phenoxy) is 1. The van der Waals surface area contributed by atoms with Gasteiger partial charge in [0.05, 0.1) is 6.04 Å². The van der Waals surface area contributed by atoms with E-state index in [4.69, 9.17) is 0 Å². The van der Waals surface area contributed by atoms with Gasteiger partial charge in [0.15, 0.2) is 0 Å². The first-order valence-electron chi connectivity index (χ1n) is 7.48. The summed E-state index contributed by atoms with van der Waals surface area (Å²) in [6.45, 7) is 20.2. The molecule has 0 aromatic rings. The molecular weight excluding hydrogens is 266 g/mol. The van der Waals surface area contributed by atoms with E-state index in [1.165, 1.54) is 0 Å². The molecule has 0 saturated carbocycles. The molecule has 0 heterocycles. The van der Waals surface area contributed by atoms with Gasteiger partial charge >= 0.3 is 0 Å². The molecule has 0 aromatic heterocycles. The molecule has 4 nitrogen and oxygen atoms in total. The van der Waals surface area contributed by atoms with Gasteiger partial charge < -0.3 is 10.1 Å². The third-order valence-corrected chi connectivity index (χ3v) is 1.96. The molecule has 0 radical (unpaired) electrons. The SMILES string of the molecule is CC(C)(C)OC=O.CC(C)C.CNC(C(C)=O)C(C)(C)C. The Hall–Kier alpha value is -0.900. The number of hydrogen-bond acceptors (Lipinski definition) is 4. The summed E-state index contributed by atoms with van der Waals surface area (Å²) in [6.07, 6.45) is 0. The van der Waals surface area contributed by atoms with Gasteiger partial charge in [-0.25, -0.2) is 0 Å². The zero-order valence-corrected chi connectivity index (χ0v) is 16.0. The first kappa shape index (κ1) is 25.1. The highest BCUT2D eigenvalue weighted by Gasteiger charge is 2.26. The number of likely N-dealkylation sites (N-methyl/N-ethyl adjacent to an activating group) is 1. The van der Waals surface area contributed by atoms with E-state index in [2.05, 4.69) is 51.6 Å². The number of rotatable bonds is 3. The Morgan fingerprint density at radius 2 is 1.38 bits per heavy atom. The van der Waals surface area contributed by atoms with E-state index in [1.807, 2.05) is 27.8 Å². The van der Waals surface area contributed by atoms with Gasteiger partial charge in [-0.1, -0.05) is 41.5 Å². The number of carbonyl (C=O) groups is 2. The molecule has 0 rings (SSSR count). The van der Waals surface area contributed by atoms with Crippen LogP contribution in [-0.4, -0.2) is 30.9 Å². The van der Waals surface area contributed by atoms with Crippen LogP contribution in [0.25, 0.3) is 0 Å². The summed E-state index contributed by atoms with van der Waals surface area (Å²) < 4.78 is 4.55. The van der Waals surface area contributed by atoms with Crippen molar-refractivity contribution in [2.45, 2.75) is 80.9 Å². The summed E-state index contributed by atoms with van der Waals surface area (Å²) in [5.41, 5.74) is -0.289. The molecule has 4 heteroatoms. The Morgan fingerprint density at radius 3 is 1.38 bits per heavy atom. The number of nitrogens with one attached hydrogen (secondary N) is 1. The number of ketones is 1. The van der Waals surface area contributed by atoms with Crippen LogP contribution < -0.4 is 5.32 Å². The molecule has 0 fully saturated rings. The van der Waals surface area contributed by atoms with Crippen molar-refractivity contribution in [2.24, 2.45) is 11.3 Å². The number of Topliss-reactive ketones (excluding diaryl/α,β-unsaturated/α-hetero) is 1. The highest BCUT2D eigenvalue weighted by molar-refractivity contribution is 5.82. The van der Waals surface area contributed by atoms with Crippen LogP contribution in [0.15, 0.2) is 0 Å². The molecule has 0 aromatic carbocycles. The third kappa shape index (κ3) is 24.5. The van der Waals surface area contributed by atoms with E-state index in [-0.39, 0.29) is 22.8 Å². The summed E-state index contributed by atoms with van der Waals surface area (Å²) in [6, 6.07) is -0.0208. The molecule has 0 aliphatic carbocycles. The van der Waals surface area contributed by atoms with Gasteiger partial charge in [0, 0.05) is 0 Å². The number of carbonyl (C=O) groups excluding carboxylic acids is 2. The van der Waals surface area contributed by atoms with E-state index < -0.39 is 0 Å². The molecule has 1 N–H and O–H groups in total. The third-order valence-electron chi connectivity index (χ3n) is 1.96. The fourth-order valence-corrected chi connectivity index (χ4v) is 1.39. The fourth-order valence-electron chi connectivity index (χ4n) is 1.39. The van der Waals surface area contributed by atoms with Crippen molar-refractivity contribution < 1.29 is 14.3 Å². The molecule has 128 valence electrons. The lowest BCUT2D eigenvalue weighted by Crippen LogP contribution is -2.43. The lowest BCUT2D eigenvalue weighted by atomic mass is 9.85. The minimum atomic E-state index is -0.318. The van der Waals surface area contributed by atoms with Gasteiger partial charge in [-0.15, -0.1) is 0 Å². The van der Waals surface area contributed by atoms with Gasteiger partial charge in [0.25, 0.3) is 6.47 Å². The number of hydrogen-bond donors (Lipinski definition) is 1. The smallest absolute Gasteiger partial charge is 0.293 e. The summed E-state index contributed by atoms with van der Waals surface area (Å²) in [5.74, 6) is 1.04. The molecule has 1 atom stereocenters. The Balaban J connectivity index is -0.000000256. The van der Waals surface area contributed by atoms with Crippen LogP contribution in [0.5, 0.6) is 0 Å². The van der Waals surface area contributed by atoms with Crippen molar-refractivity contribution in [2.75, 3.05) is 7.05 Å². The van der Waals surface area contributed by atoms with Crippen LogP contribution in [0.1, 0.15) is 69.2 Å². The normalized spacial score (nSPS) is 12.4. The highest BCUT2D eigenvalue weighted by atomic mass is 16.5. The molecule has 0 bridgehead atoms. The summed E-state index contributed by atoms with van der Waals surface area (Å²) >= 11 is 0. The monoisotopic (exact) mass is 303 g/mol. The van der Waals surface area contributed by atoms with Crippen molar-refractivity contribution in [1.29, 1.82) is 0 Å². The average Bonchev–Trinajstić information content (AvgIpc) is 2.12. The van der Waals surface area contributed by atoms with E-state index in [0.717, 1.165) is 5.92 Å². The lowest BCUT2D eigenvalue weighted by molar-refractivity contribution is -0.138. The van der Waals surface area contributed by atoms with Crippen molar-refractivity contribution >= 4 is 12.3 Å². The lowest BCUT2D eigenvalue weighted by Gasteiger charge is -2.27. The fraction of sp³-hybridized carbons (Fsp3) is 0.882. The predicted octanol–water partition coefficient (Wildman–Crippen LogP) is 3.83.